The van der Waals surface area contributed by atoms with Gasteiger partial charge in [0.05, 0.1) is 24.9 Å². The molecule has 9 heteroatoms. The zero-order chi connectivity index (χ0) is 25.8. The van der Waals surface area contributed by atoms with Crippen molar-refractivity contribution >= 4 is 10.9 Å². The van der Waals surface area contributed by atoms with Gasteiger partial charge in [0.15, 0.2) is 5.82 Å². The summed E-state index contributed by atoms with van der Waals surface area (Å²) in [5, 5.41) is 13.6. The molecule has 0 radical (unpaired) electrons. The molecule has 37 heavy (non-hydrogen) atoms. The predicted octanol–water partition coefficient (Wildman–Crippen LogP) is 4.63. The van der Waals surface area contributed by atoms with E-state index in [1.807, 2.05) is 67.6 Å². The molecular weight excluding hydrogens is 468 g/mol. The van der Waals surface area contributed by atoms with Crippen molar-refractivity contribution in [1.29, 1.82) is 0 Å². The van der Waals surface area contributed by atoms with Crippen molar-refractivity contribution in [2.24, 2.45) is 0 Å². The number of rotatable bonds is 10. The van der Waals surface area contributed by atoms with Crippen LogP contribution in [0.5, 0.6) is 5.75 Å². The van der Waals surface area contributed by atoms with Gasteiger partial charge < -0.3 is 14.1 Å². The van der Waals surface area contributed by atoms with Crippen LogP contribution >= 0.6 is 0 Å². The van der Waals surface area contributed by atoms with Crippen LogP contribution in [0, 0.1) is 6.92 Å². The van der Waals surface area contributed by atoms with E-state index in [9.17, 15) is 4.79 Å². The first-order valence-corrected chi connectivity index (χ1v) is 12.3. The van der Waals surface area contributed by atoms with Crippen molar-refractivity contribution in [2.45, 2.75) is 45.9 Å². The molecule has 0 fully saturated rings. The number of ether oxygens (including phenoxy) is 1. The maximum atomic E-state index is 13.2. The van der Waals surface area contributed by atoms with Gasteiger partial charge in [0, 0.05) is 18.7 Å². The highest BCUT2D eigenvalue weighted by Crippen LogP contribution is 2.27. The molecule has 9 nitrogen and oxygen atoms in total. The topological polar surface area (TPSA) is 102 Å². The van der Waals surface area contributed by atoms with Crippen LogP contribution in [0.15, 0.2) is 76.1 Å². The first-order chi connectivity index (χ1) is 18.1. The van der Waals surface area contributed by atoms with Crippen molar-refractivity contribution in [3.05, 3.63) is 106 Å². The number of hydrogen-bond acceptors (Lipinski definition) is 7. The molecule has 0 amide bonds. The van der Waals surface area contributed by atoms with Gasteiger partial charge in [0.2, 0.25) is 0 Å². The summed E-state index contributed by atoms with van der Waals surface area (Å²) in [5.41, 5.74) is 3.60. The van der Waals surface area contributed by atoms with Gasteiger partial charge in [-0.3, -0.25) is 9.69 Å². The Labute approximate surface area is 214 Å². The minimum Gasteiger partial charge on any atom is -0.497 e. The number of benzene rings is 2. The molecule has 0 saturated heterocycles. The monoisotopic (exact) mass is 498 g/mol. The Morgan fingerprint density at radius 3 is 2.68 bits per heavy atom. The third kappa shape index (κ3) is 5.31. The van der Waals surface area contributed by atoms with Crippen molar-refractivity contribution in [3.63, 3.8) is 0 Å². The summed E-state index contributed by atoms with van der Waals surface area (Å²) in [6.45, 7) is 5.56. The average Bonchev–Trinajstić information content (AvgIpc) is 3.59. The van der Waals surface area contributed by atoms with E-state index < -0.39 is 0 Å². The van der Waals surface area contributed by atoms with Crippen LogP contribution in [0.2, 0.25) is 0 Å². The van der Waals surface area contributed by atoms with Gasteiger partial charge in [-0.25, -0.2) is 4.68 Å². The van der Waals surface area contributed by atoms with Crippen LogP contribution in [0.4, 0.5) is 0 Å². The van der Waals surface area contributed by atoms with Crippen molar-refractivity contribution in [2.75, 3.05) is 7.11 Å². The van der Waals surface area contributed by atoms with E-state index in [0.29, 0.717) is 25.2 Å². The Hall–Kier alpha value is -4.24. The van der Waals surface area contributed by atoms with Gasteiger partial charge in [0.25, 0.3) is 5.56 Å². The maximum Gasteiger partial charge on any atom is 0.252 e. The standard InChI is InChI=1S/C28H30N6O3/c1-4-25(27-30-31-32-34(27)18-24-9-6-14-37-24)33(16-20-10-12-23(36-3)13-11-20)17-22-15-21-8-5-7-19(2)26(21)29-28(22)35/h5-15,25H,4,16-18H2,1-3H3,(H,29,35)/t25-/m1/s1. The minimum atomic E-state index is -0.139. The Morgan fingerprint density at radius 2 is 1.95 bits per heavy atom. The SMILES string of the molecule is CC[C@H](c1nnnn1Cc1ccco1)N(Cc1ccc(OC)cc1)Cc1cc2cccc(C)c2[nH]c1=O. The number of nitrogens with one attached hydrogen (secondary N) is 1. The summed E-state index contributed by atoms with van der Waals surface area (Å²) < 4.78 is 12.6. The molecule has 0 aliphatic rings. The lowest BCUT2D eigenvalue weighted by Gasteiger charge is -2.30. The average molecular weight is 499 g/mol. The highest BCUT2D eigenvalue weighted by molar-refractivity contribution is 5.81. The van der Waals surface area contributed by atoms with E-state index in [1.54, 1.807) is 18.1 Å². The van der Waals surface area contributed by atoms with E-state index >= 15 is 0 Å². The molecule has 0 aliphatic heterocycles. The molecule has 3 aromatic heterocycles. The van der Waals surface area contributed by atoms with Crippen molar-refractivity contribution in [3.8, 4) is 5.75 Å². The highest BCUT2D eigenvalue weighted by Gasteiger charge is 2.26. The van der Waals surface area contributed by atoms with E-state index in [2.05, 4.69) is 32.3 Å². The fourth-order valence-electron chi connectivity index (χ4n) is 4.72. The molecule has 0 aliphatic carbocycles. The second kappa shape index (κ2) is 10.8. The maximum absolute atomic E-state index is 13.2. The molecule has 190 valence electrons. The van der Waals surface area contributed by atoms with Gasteiger partial charge >= 0.3 is 0 Å². The zero-order valence-corrected chi connectivity index (χ0v) is 21.2. The van der Waals surface area contributed by atoms with Gasteiger partial charge in [-0.2, -0.15) is 0 Å². The van der Waals surface area contributed by atoms with Crippen LogP contribution < -0.4 is 10.3 Å². The number of furan rings is 1. The Bertz CT molecular complexity index is 1520. The number of aromatic amines is 1. The predicted molar refractivity (Wildman–Crippen MR) is 140 cm³/mol. The Kier molecular flexibility index (Phi) is 7.14. The van der Waals surface area contributed by atoms with E-state index in [0.717, 1.165) is 45.8 Å². The molecule has 5 aromatic rings. The quantitative estimate of drug-likeness (QED) is 0.300. The second-order valence-electron chi connectivity index (χ2n) is 9.11. The molecule has 0 bridgehead atoms. The third-order valence-electron chi connectivity index (χ3n) is 6.65. The molecule has 5 rings (SSSR count). The fourth-order valence-corrected chi connectivity index (χ4v) is 4.72. The lowest BCUT2D eigenvalue weighted by Crippen LogP contribution is -2.32. The third-order valence-corrected chi connectivity index (χ3v) is 6.65. The molecular formula is C28H30N6O3. The van der Waals surface area contributed by atoms with Crippen LogP contribution in [0.25, 0.3) is 10.9 Å². The number of nitrogens with zero attached hydrogens (tertiary/aromatic N) is 5. The van der Waals surface area contributed by atoms with Crippen LogP contribution in [0.1, 0.15) is 47.7 Å². The largest absolute Gasteiger partial charge is 0.497 e. The number of para-hydroxylation sites is 1. The van der Waals surface area contributed by atoms with Crippen LogP contribution in [0.3, 0.4) is 0 Å². The summed E-state index contributed by atoms with van der Waals surface area (Å²) in [6, 6.07) is 19.6. The lowest BCUT2D eigenvalue weighted by atomic mass is 10.1. The molecule has 0 saturated carbocycles. The van der Waals surface area contributed by atoms with Crippen LogP contribution in [-0.2, 0) is 19.6 Å². The second-order valence-corrected chi connectivity index (χ2v) is 9.11. The van der Waals surface area contributed by atoms with Crippen LogP contribution in [-0.4, -0.2) is 37.2 Å². The smallest absolute Gasteiger partial charge is 0.252 e. The normalized spacial score (nSPS) is 12.3. The number of fused-ring (bicyclic) bond motifs is 1. The molecule has 3 heterocycles. The lowest BCUT2D eigenvalue weighted by molar-refractivity contribution is 0.161. The molecule has 1 N–H and O–H groups in total. The first kappa shape index (κ1) is 24.5. The van der Waals surface area contributed by atoms with E-state index in [4.69, 9.17) is 9.15 Å². The summed E-state index contributed by atoms with van der Waals surface area (Å²) in [7, 11) is 1.65. The number of aromatic nitrogens is 5. The van der Waals surface area contributed by atoms with E-state index in [-0.39, 0.29) is 11.6 Å². The Morgan fingerprint density at radius 1 is 1.11 bits per heavy atom. The summed E-state index contributed by atoms with van der Waals surface area (Å²) in [6.07, 6.45) is 2.39. The molecule has 0 unspecified atom stereocenters. The van der Waals surface area contributed by atoms with Gasteiger partial charge in [0.1, 0.15) is 18.1 Å². The fraction of sp³-hybridized carbons (Fsp3) is 0.286. The van der Waals surface area contributed by atoms with Gasteiger partial charge in [-0.05, 0) is 70.6 Å². The number of methoxy groups -OCH3 is 1. The van der Waals surface area contributed by atoms with E-state index in [1.165, 1.54) is 0 Å². The molecule has 0 spiro atoms. The summed E-state index contributed by atoms with van der Waals surface area (Å²) in [5.74, 6) is 2.29. The number of pyridine rings is 1. The molecule has 2 aromatic carbocycles. The number of hydrogen-bond donors (Lipinski definition) is 1. The number of aryl methyl sites for hydroxylation is 1. The molecule has 1 atom stereocenters. The number of H-pyrrole nitrogens is 1. The van der Waals surface area contributed by atoms with Crippen molar-refractivity contribution < 1.29 is 9.15 Å². The van der Waals surface area contributed by atoms with Gasteiger partial charge in [-0.1, -0.05) is 37.3 Å². The van der Waals surface area contributed by atoms with Gasteiger partial charge in [-0.15, -0.1) is 5.10 Å². The van der Waals surface area contributed by atoms with Crippen molar-refractivity contribution in [1.82, 2.24) is 30.1 Å². The summed E-state index contributed by atoms with van der Waals surface area (Å²) in [4.78, 5) is 18.5. The Balaban J connectivity index is 1.52. The minimum absolute atomic E-state index is 0.0911. The number of tetrazole rings is 1. The first-order valence-electron chi connectivity index (χ1n) is 12.3. The highest BCUT2D eigenvalue weighted by atomic mass is 16.5. The summed E-state index contributed by atoms with van der Waals surface area (Å²) >= 11 is 0. The zero-order valence-electron chi connectivity index (χ0n) is 21.2.